The summed E-state index contributed by atoms with van der Waals surface area (Å²) < 4.78 is 0.946. The van der Waals surface area contributed by atoms with Gasteiger partial charge in [-0.25, -0.2) is 0 Å². The highest BCUT2D eigenvalue weighted by molar-refractivity contribution is 9.10. The maximum atomic E-state index is 12.4. The Morgan fingerprint density at radius 1 is 1.05 bits per heavy atom. The first kappa shape index (κ1) is 17.0. The van der Waals surface area contributed by atoms with E-state index in [0.29, 0.717) is 31.7 Å². The van der Waals surface area contributed by atoms with Gasteiger partial charge in [-0.2, -0.15) is 0 Å². The Hall–Kier alpha value is -1.40. The third kappa shape index (κ3) is 3.87. The Bertz CT molecular complexity index is 537. The molecule has 1 aromatic carbocycles. The van der Waals surface area contributed by atoms with Crippen molar-refractivity contribution >= 4 is 27.7 Å². The van der Waals surface area contributed by atoms with Crippen molar-refractivity contribution in [3.63, 3.8) is 0 Å². The molecule has 120 valence electrons. The number of halogens is 1. The number of carbonyl (C=O) groups is 2. The summed E-state index contributed by atoms with van der Waals surface area (Å²) in [5.74, 6) is 0.105. The lowest BCUT2D eigenvalue weighted by molar-refractivity contribution is -0.135. The van der Waals surface area contributed by atoms with E-state index < -0.39 is 6.04 Å². The highest BCUT2D eigenvalue weighted by atomic mass is 79.9. The lowest BCUT2D eigenvalue weighted by Gasteiger charge is -2.36. The molecule has 1 fully saturated rings. The van der Waals surface area contributed by atoms with Gasteiger partial charge >= 0.3 is 0 Å². The Kier molecular flexibility index (Phi) is 5.58. The van der Waals surface area contributed by atoms with Crippen molar-refractivity contribution in [1.29, 1.82) is 0 Å². The number of benzene rings is 1. The predicted molar refractivity (Wildman–Crippen MR) is 89.4 cm³/mol. The van der Waals surface area contributed by atoms with Crippen molar-refractivity contribution in [2.24, 2.45) is 11.7 Å². The zero-order valence-corrected chi connectivity index (χ0v) is 14.5. The molecule has 1 aromatic rings. The Morgan fingerprint density at radius 3 is 2.05 bits per heavy atom. The molecular weight excluding hydrogens is 346 g/mol. The molecule has 0 bridgehead atoms. The summed E-state index contributed by atoms with van der Waals surface area (Å²) in [5.41, 5.74) is 6.58. The van der Waals surface area contributed by atoms with Crippen molar-refractivity contribution in [2.45, 2.75) is 19.9 Å². The van der Waals surface area contributed by atoms with Crippen LogP contribution in [0.5, 0.6) is 0 Å². The second kappa shape index (κ2) is 7.24. The number of hydrogen-bond donors (Lipinski definition) is 1. The first-order chi connectivity index (χ1) is 10.4. The topological polar surface area (TPSA) is 66.6 Å². The first-order valence-electron chi connectivity index (χ1n) is 7.49. The smallest absolute Gasteiger partial charge is 0.253 e. The van der Waals surface area contributed by atoms with Crippen LogP contribution in [-0.2, 0) is 4.79 Å². The summed E-state index contributed by atoms with van der Waals surface area (Å²) in [6.45, 7) is 6.06. The molecule has 0 radical (unpaired) electrons. The Labute approximate surface area is 139 Å². The molecule has 1 aliphatic rings. The van der Waals surface area contributed by atoms with Crippen molar-refractivity contribution in [1.82, 2.24) is 9.80 Å². The monoisotopic (exact) mass is 367 g/mol. The number of rotatable bonds is 3. The highest BCUT2D eigenvalue weighted by Crippen LogP contribution is 2.14. The lowest BCUT2D eigenvalue weighted by Crippen LogP contribution is -2.55. The van der Waals surface area contributed by atoms with E-state index in [-0.39, 0.29) is 17.7 Å². The van der Waals surface area contributed by atoms with Gasteiger partial charge in [0.25, 0.3) is 5.91 Å². The summed E-state index contributed by atoms with van der Waals surface area (Å²) in [6.07, 6.45) is 0. The van der Waals surface area contributed by atoms with Crippen molar-refractivity contribution < 1.29 is 9.59 Å². The molecule has 1 heterocycles. The maximum Gasteiger partial charge on any atom is 0.253 e. The minimum Gasteiger partial charge on any atom is -0.338 e. The van der Waals surface area contributed by atoms with E-state index >= 15 is 0 Å². The van der Waals surface area contributed by atoms with E-state index in [1.54, 1.807) is 21.9 Å². The fourth-order valence-electron chi connectivity index (χ4n) is 2.40. The lowest BCUT2D eigenvalue weighted by atomic mass is 10.0. The van der Waals surface area contributed by atoms with Gasteiger partial charge in [-0.05, 0) is 30.2 Å². The van der Waals surface area contributed by atoms with Gasteiger partial charge in [-0.3, -0.25) is 9.59 Å². The Morgan fingerprint density at radius 2 is 1.55 bits per heavy atom. The second-order valence-corrected chi connectivity index (χ2v) is 6.81. The first-order valence-corrected chi connectivity index (χ1v) is 8.28. The molecule has 6 heteroatoms. The largest absolute Gasteiger partial charge is 0.338 e. The van der Waals surface area contributed by atoms with Crippen LogP contribution in [0.4, 0.5) is 0 Å². The molecule has 1 saturated heterocycles. The number of amides is 2. The van der Waals surface area contributed by atoms with Crippen LogP contribution >= 0.6 is 15.9 Å². The average molecular weight is 368 g/mol. The number of carbonyl (C=O) groups excluding carboxylic acids is 2. The van der Waals surface area contributed by atoms with Gasteiger partial charge in [0.05, 0.1) is 6.04 Å². The van der Waals surface area contributed by atoms with E-state index in [9.17, 15) is 9.59 Å². The van der Waals surface area contributed by atoms with Crippen LogP contribution in [0.2, 0.25) is 0 Å². The summed E-state index contributed by atoms with van der Waals surface area (Å²) >= 11 is 3.36. The van der Waals surface area contributed by atoms with E-state index in [1.807, 2.05) is 26.0 Å². The zero-order chi connectivity index (χ0) is 16.3. The molecule has 2 amide bonds. The third-order valence-corrected chi connectivity index (χ3v) is 4.50. The van der Waals surface area contributed by atoms with Gasteiger partial charge in [0.2, 0.25) is 5.91 Å². The quantitative estimate of drug-likeness (QED) is 0.884. The standard InChI is InChI=1S/C16H22BrN3O2/c1-11(2)14(18)16(22)20-9-7-19(8-10-20)15(21)12-3-5-13(17)6-4-12/h3-6,11,14H,7-10,18H2,1-2H3/t14-/m0/s1. The van der Waals surface area contributed by atoms with Crippen LogP contribution < -0.4 is 5.73 Å². The number of nitrogens with two attached hydrogens (primary N) is 1. The van der Waals surface area contributed by atoms with Crippen LogP contribution in [-0.4, -0.2) is 53.8 Å². The molecule has 0 unspecified atom stereocenters. The van der Waals surface area contributed by atoms with Crippen molar-refractivity contribution in [3.8, 4) is 0 Å². The molecule has 0 aromatic heterocycles. The van der Waals surface area contributed by atoms with Crippen LogP contribution in [0.15, 0.2) is 28.7 Å². The molecule has 2 rings (SSSR count). The van der Waals surface area contributed by atoms with E-state index in [1.165, 1.54) is 0 Å². The molecule has 2 N–H and O–H groups in total. The Balaban J connectivity index is 1.93. The summed E-state index contributed by atoms with van der Waals surface area (Å²) in [4.78, 5) is 28.2. The predicted octanol–water partition coefficient (Wildman–Crippen LogP) is 1.72. The second-order valence-electron chi connectivity index (χ2n) is 5.89. The SMILES string of the molecule is CC(C)[C@H](N)C(=O)N1CCN(C(=O)c2ccc(Br)cc2)CC1. The van der Waals surface area contributed by atoms with Crippen LogP contribution in [0, 0.1) is 5.92 Å². The zero-order valence-electron chi connectivity index (χ0n) is 13.0. The van der Waals surface area contributed by atoms with Gasteiger partial charge in [0, 0.05) is 36.2 Å². The van der Waals surface area contributed by atoms with Gasteiger partial charge in [0.1, 0.15) is 0 Å². The minimum atomic E-state index is -0.464. The molecule has 0 saturated carbocycles. The van der Waals surface area contributed by atoms with E-state index in [2.05, 4.69) is 15.9 Å². The molecule has 5 nitrogen and oxygen atoms in total. The molecule has 1 aliphatic heterocycles. The molecule has 1 atom stereocenters. The number of hydrogen-bond acceptors (Lipinski definition) is 3. The molecule has 0 aliphatic carbocycles. The highest BCUT2D eigenvalue weighted by Gasteiger charge is 2.28. The molecule has 0 spiro atoms. The average Bonchev–Trinajstić information content (AvgIpc) is 2.53. The van der Waals surface area contributed by atoms with Gasteiger partial charge in [-0.15, -0.1) is 0 Å². The molecule has 22 heavy (non-hydrogen) atoms. The van der Waals surface area contributed by atoms with E-state index in [4.69, 9.17) is 5.73 Å². The minimum absolute atomic E-state index is 0.00718. The normalized spacial score (nSPS) is 16.8. The third-order valence-electron chi connectivity index (χ3n) is 3.97. The van der Waals surface area contributed by atoms with E-state index in [0.717, 1.165) is 4.47 Å². The summed E-state index contributed by atoms with van der Waals surface area (Å²) in [7, 11) is 0. The summed E-state index contributed by atoms with van der Waals surface area (Å²) in [5, 5.41) is 0. The van der Waals surface area contributed by atoms with Gasteiger partial charge < -0.3 is 15.5 Å². The van der Waals surface area contributed by atoms with Crippen LogP contribution in [0.3, 0.4) is 0 Å². The molecular formula is C16H22BrN3O2. The van der Waals surface area contributed by atoms with Gasteiger partial charge in [0.15, 0.2) is 0 Å². The van der Waals surface area contributed by atoms with Crippen molar-refractivity contribution in [3.05, 3.63) is 34.3 Å². The van der Waals surface area contributed by atoms with Crippen molar-refractivity contribution in [2.75, 3.05) is 26.2 Å². The summed E-state index contributed by atoms with van der Waals surface area (Å²) in [6, 6.07) is 6.86. The fourth-order valence-corrected chi connectivity index (χ4v) is 2.67. The maximum absolute atomic E-state index is 12.4. The number of nitrogens with zero attached hydrogens (tertiary/aromatic N) is 2. The fraction of sp³-hybridized carbons (Fsp3) is 0.500. The number of piperazine rings is 1. The van der Waals surface area contributed by atoms with Gasteiger partial charge in [-0.1, -0.05) is 29.8 Å². The van der Waals surface area contributed by atoms with Crippen LogP contribution in [0.1, 0.15) is 24.2 Å². The van der Waals surface area contributed by atoms with Crippen LogP contribution in [0.25, 0.3) is 0 Å².